The fourth-order valence-corrected chi connectivity index (χ4v) is 4.45. The third-order valence-electron chi connectivity index (χ3n) is 4.96. The van der Waals surface area contributed by atoms with Gasteiger partial charge < -0.3 is 9.64 Å². The van der Waals surface area contributed by atoms with Gasteiger partial charge in [-0.05, 0) is 55.4 Å². The molecule has 2 aromatic rings. The maximum atomic E-state index is 12.7. The summed E-state index contributed by atoms with van der Waals surface area (Å²) in [7, 11) is 0.380. The van der Waals surface area contributed by atoms with Crippen molar-refractivity contribution >= 4 is 10.0 Å². The number of rotatable bonds is 8. The van der Waals surface area contributed by atoms with Gasteiger partial charge in [0.25, 0.3) is 0 Å². The topological polar surface area (TPSA) is 58.6 Å². The van der Waals surface area contributed by atoms with Crippen LogP contribution in [0.15, 0.2) is 47.4 Å². The van der Waals surface area contributed by atoms with Crippen molar-refractivity contribution in [2.24, 2.45) is 0 Å². The predicted molar refractivity (Wildman–Crippen MR) is 108 cm³/mol. The maximum Gasteiger partial charge on any atom is 0.240 e. The number of nitrogens with one attached hydrogen (secondary N) is 1. The summed E-state index contributed by atoms with van der Waals surface area (Å²) in [5.74, 6) is 0.934. The maximum absolute atomic E-state index is 12.7. The van der Waals surface area contributed by atoms with Gasteiger partial charge in [0.15, 0.2) is 0 Å². The van der Waals surface area contributed by atoms with Gasteiger partial charge >= 0.3 is 0 Å². The van der Waals surface area contributed by atoms with Crippen molar-refractivity contribution in [2.45, 2.75) is 37.1 Å². The van der Waals surface area contributed by atoms with Crippen LogP contribution in [-0.2, 0) is 22.9 Å². The summed E-state index contributed by atoms with van der Waals surface area (Å²) in [6.45, 7) is 3.14. The van der Waals surface area contributed by atoms with Crippen LogP contribution in [-0.4, -0.2) is 40.6 Å². The van der Waals surface area contributed by atoms with Crippen LogP contribution in [0.1, 0.15) is 36.1 Å². The van der Waals surface area contributed by atoms with Gasteiger partial charge in [0.2, 0.25) is 10.0 Å². The summed E-state index contributed by atoms with van der Waals surface area (Å²) < 4.78 is 33.7. The Morgan fingerprint density at radius 2 is 1.89 bits per heavy atom. The predicted octanol–water partition coefficient (Wildman–Crippen LogP) is 3.16. The van der Waals surface area contributed by atoms with Gasteiger partial charge in [-0.1, -0.05) is 37.6 Å². The number of aryl methyl sites for hydroxylation is 1. The highest BCUT2D eigenvalue weighted by atomic mass is 32.2. The summed E-state index contributed by atoms with van der Waals surface area (Å²) >= 11 is 0. The third-order valence-corrected chi connectivity index (χ3v) is 6.40. The van der Waals surface area contributed by atoms with E-state index in [2.05, 4.69) is 17.7 Å². The van der Waals surface area contributed by atoms with Gasteiger partial charge in [-0.3, -0.25) is 0 Å². The Bertz CT molecular complexity index is 877. The minimum Gasteiger partial charge on any atom is -0.493 e. The molecule has 1 N–H and O–H groups in total. The molecule has 0 aromatic heterocycles. The minimum atomic E-state index is -3.54. The van der Waals surface area contributed by atoms with Crippen LogP contribution in [0.5, 0.6) is 5.75 Å². The lowest BCUT2D eigenvalue weighted by Crippen LogP contribution is -2.34. The first-order valence-electron chi connectivity index (χ1n) is 9.41. The highest BCUT2D eigenvalue weighted by Crippen LogP contribution is 2.29. The van der Waals surface area contributed by atoms with Crippen molar-refractivity contribution in [1.29, 1.82) is 0 Å². The van der Waals surface area contributed by atoms with Gasteiger partial charge in [-0.2, -0.15) is 0 Å². The highest BCUT2D eigenvalue weighted by Gasteiger charge is 2.22. The molecular formula is C21H28N2O3S. The Morgan fingerprint density at radius 1 is 1.15 bits per heavy atom. The molecule has 3 rings (SSSR count). The number of nitrogens with zero attached hydrogens (tertiary/aromatic N) is 1. The first kappa shape index (κ1) is 19.9. The molecule has 0 spiro atoms. The third kappa shape index (κ3) is 4.69. The van der Waals surface area contributed by atoms with Crippen molar-refractivity contribution in [1.82, 2.24) is 9.62 Å². The van der Waals surface area contributed by atoms with Crippen molar-refractivity contribution in [2.75, 3.05) is 27.2 Å². The average molecular weight is 389 g/mol. The molecule has 2 aromatic carbocycles. The van der Waals surface area contributed by atoms with E-state index in [0.29, 0.717) is 18.0 Å². The van der Waals surface area contributed by atoms with Gasteiger partial charge in [-0.15, -0.1) is 0 Å². The number of likely N-dealkylation sites (N-methyl/N-ethyl adjacent to an activating group) is 1. The second-order valence-corrected chi connectivity index (χ2v) is 8.96. The summed E-state index contributed by atoms with van der Waals surface area (Å²) in [5.41, 5.74) is 3.43. The molecule has 0 saturated carbocycles. The Balaban J connectivity index is 1.73. The van der Waals surface area contributed by atoms with Gasteiger partial charge in [0.1, 0.15) is 5.75 Å². The van der Waals surface area contributed by atoms with Crippen LogP contribution in [0, 0.1) is 0 Å². The molecule has 1 heterocycles. The molecule has 1 atom stereocenters. The normalized spacial score (nSPS) is 14.8. The molecule has 6 heteroatoms. The summed E-state index contributed by atoms with van der Waals surface area (Å²) in [6.07, 6.45) is 2.90. The first-order chi connectivity index (χ1) is 12.9. The Morgan fingerprint density at radius 3 is 2.56 bits per heavy atom. The number of hydrogen-bond donors (Lipinski definition) is 1. The van der Waals surface area contributed by atoms with Crippen LogP contribution in [0.2, 0.25) is 0 Å². The Kier molecular flexibility index (Phi) is 6.19. The highest BCUT2D eigenvalue weighted by molar-refractivity contribution is 7.89. The molecule has 27 heavy (non-hydrogen) atoms. The van der Waals surface area contributed by atoms with Crippen molar-refractivity contribution < 1.29 is 13.2 Å². The standard InChI is InChI=1S/C21H28N2O3S/c1-4-5-16-6-9-19(10-7-16)27(24,25)22-15-20(23(2)3)17-8-11-21-18(14-17)12-13-26-21/h6-11,14,20,22H,4-5,12-13,15H2,1-3H3. The van der Waals surface area contributed by atoms with E-state index in [1.54, 1.807) is 12.1 Å². The molecule has 0 fully saturated rings. The van der Waals surface area contributed by atoms with E-state index in [0.717, 1.165) is 36.1 Å². The summed E-state index contributed by atoms with van der Waals surface area (Å²) in [5, 5.41) is 0. The van der Waals surface area contributed by atoms with E-state index in [1.807, 2.05) is 43.3 Å². The summed E-state index contributed by atoms with van der Waals surface area (Å²) in [4.78, 5) is 2.34. The Labute approximate surface area is 162 Å². The van der Waals surface area contributed by atoms with E-state index >= 15 is 0 Å². The lowest BCUT2D eigenvalue weighted by atomic mass is 10.0. The first-order valence-corrected chi connectivity index (χ1v) is 10.9. The SMILES string of the molecule is CCCc1ccc(S(=O)(=O)NCC(c2ccc3c(c2)CCO3)N(C)C)cc1. The zero-order valence-electron chi connectivity index (χ0n) is 16.2. The molecule has 5 nitrogen and oxygen atoms in total. The van der Waals surface area contributed by atoms with Crippen LogP contribution in [0.3, 0.4) is 0 Å². The van der Waals surface area contributed by atoms with Crippen molar-refractivity contribution in [3.63, 3.8) is 0 Å². The minimum absolute atomic E-state index is 0.0509. The molecule has 146 valence electrons. The smallest absolute Gasteiger partial charge is 0.240 e. The van der Waals surface area contributed by atoms with Crippen molar-refractivity contribution in [3.05, 3.63) is 59.2 Å². The molecule has 0 saturated heterocycles. The van der Waals surface area contributed by atoms with Crippen LogP contribution < -0.4 is 9.46 Å². The van der Waals surface area contributed by atoms with E-state index in [-0.39, 0.29) is 6.04 Å². The molecule has 1 unspecified atom stereocenters. The largest absolute Gasteiger partial charge is 0.493 e. The van der Waals surface area contributed by atoms with Crippen LogP contribution >= 0.6 is 0 Å². The zero-order chi connectivity index (χ0) is 19.4. The molecule has 0 aliphatic carbocycles. The molecular weight excluding hydrogens is 360 g/mol. The zero-order valence-corrected chi connectivity index (χ0v) is 17.1. The number of benzene rings is 2. The van der Waals surface area contributed by atoms with Gasteiger partial charge in [0.05, 0.1) is 11.5 Å². The Hall–Kier alpha value is -1.89. The van der Waals surface area contributed by atoms with Gasteiger partial charge in [0, 0.05) is 19.0 Å². The molecule has 1 aliphatic rings. The monoisotopic (exact) mass is 388 g/mol. The summed E-state index contributed by atoms with van der Waals surface area (Å²) in [6, 6.07) is 13.2. The lowest BCUT2D eigenvalue weighted by molar-refractivity contribution is 0.299. The van der Waals surface area contributed by atoms with E-state index in [4.69, 9.17) is 4.74 Å². The number of fused-ring (bicyclic) bond motifs is 1. The van der Waals surface area contributed by atoms with E-state index in [1.165, 1.54) is 5.56 Å². The van der Waals surface area contributed by atoms with Crippen molar-refractivity contribution in [3.8, 4) is 5.75 Å². The molecule has 0 bridgehead atoms. The average Bonchev–Trinajstić information content (AvgIpc) is 3.10. The second-order valence-electron chi connectivity index (χ2n) is 7.19. The number of ether oxygens (including phenoxy) is 1. The quantitative estimate of drug-likeness (QED) is 0.755. The fraction of sp³-hybridized carbons (Fsp3) is 0.429. The van der Waals surface area contributed by atoms with Crippen LogP contribution in [0.25, 0.3) is 0 Å². The number of hydrogen-bond acceptors (Lipinski definition) is 4. The second kappa shape index (κ2) is 8.42. The lowest BCUT2D eigenvalue weighted by Gasteiger charge is -2.25. The molecule has 1 aliphatic heterocycles. The van der Waals surface area contributed by atoms with Crippen LogP contribution in [0.4, 0.5) is 0 Å². The van der Waals surface area contributed by atoms with E-state index in [9.17, 15) is 8.42 Å². The molecule has 0 amide bonds. The van der Waals surface area contributed by atoms with Gasteiger partial charge in [-0.25, -0.2) is 13.1 Å². The number of sulfonamides is 1. The van der Waals surface area contributed by atoms with E-state index < -0.39 is 10.0 Å². The molecule has 0 radical (unpaired) electrons. The fourth-order valence-electron chi connectivity index (χ4n) is 3.41.